The van der Waals surface area contributed by atoms with Crippen LogP contribution in [-0.4, -0.2) is 38.8 Å². The number of hydrogen-bond donors (Lipinski definition) is 1. The Morgan fingerprint density at radius 3 is 3.00 bits per heavy atom. The van der Waals surface area contributed by atoms with Gasteiger partial charge in [-0.25, -0.2) is 0 Å². The number of carboxylic acid groups (broad SMARTS) is 1. The van der Waals surface area contributed by atoms with Crippen LogP contribution in [0, 0.1) is 0 Å². The smallest absolute Gasteiger partial charge is 0.293 e. The van der Waals surface area contributed by atoms with E-state index in [1.807, 2.05) is 0 Å². The minimum Gasteiger partial charge on any atom is -0.484 e. The van der Waals surface area contributed by atoms with Gasteiger partial charge < -0.3 is 14.3 Å². The lowest BCUT2D eigenvalue weighted by molar-refractivity contribution is 0.163. The lowest BCUT2D eigenvalue weighted by Gasteiger charge is -2.18. The minimum atomic E-state index is -1.34. The Labute approximate surface area is 72.8 Å². The van der Waals surface area contributed by atoms with Gasteiger partial charge in [0.25, 0.3) is 15.4 Å². The first-order chi connectivity index (χ1) is 5.75. The van der Waals surface area contributed by atoms with Crippen LogP contribution in [-0.2, 0) is 9.16 Å². The summed E-state index contributed by atoms with van der Waals surface area (Å²) in [6.45, 7) is 0. The van der Waals surface area contributed by atoms with Gasteiger partial charge in [0.05, 0.1) is 12.2 Å². The van der Waals surface area contributed by atoms with E-state index in [0.29, 0.717) is 12.2 Å². The van der Waals surface area contributed by atoms with Crippen molar-refractivity contribution in [3.8, 4) is 0 Å². The molecule has 3 atom stereocenters. The third-order valence-electron chi connectivity index (χ3n) is 2.40. The lowest BCUT2D eigenvalue weighted by Crippen LogP contribution is -2.25. The second-order valence-corrected chi connectivity index (χ2v) is 4.58. The van der Waals surface area contributed by atoms with Crippen molar-refractivity contribution in [3.05, 3.63) is 0 Å². The summed E-state index contributed by atoms with van der Waals surface area (Å²) in [6.07, 6.45) is 3.94. The van der Waals surface area contributed by atoms with Gasteiger partial charge in [-0.3, -0.25) is 4.79 Å². The topological polar surface area (TPSA) is 59.1 Å². The Hall–Kier alpha value is -0.393. The molecule has 1 heterocycles. The molecule has 0 aromatic heterocycles. The second-order valence-electron chi connectivity index (χ2n) is 3.35. The van der Waals surface area contributed by atoms with E-state index in [2.05, 4.69) is 0 Å². The highest BCUT2D eigenvalue weighted by Gasteiger charge is 2.44. The predicted molar refractivity (Wildman–Crippen MR) is 44.0 cm³/mol. The summed E-state index contributed by atoms with van der Waals surface area (Å²) in [5.41, 5.74) is -0.756. The molecule has 0 spiro atoms. The molecule has 1 aliphatic heterocycles. The number of hydrogen-bond acceptors (Lipinski definition) is 3. The molecule has 12 heavy (non-hydrogen) atoms. The van der Waals surface area contributed by atoms with E-state index in [1.165, 1.54) is 0 Å². The standard InChI is InChI=1S/C7H12O4Si/c8-7(9)12-11-4-1-2-5-6(3-4)10-5/h4-6H,1-3,12H2,(H,8,9). The Balaban J connectivity index is 1.70. The maximum Gasteiger partial charge on any atom is 0.293 e. The molecular formula is C7H12O4Si. The first-order valence-corrected chi connectivity index (χ1v) is 5.53. The summed E-state index contributed by atoms with van der Waals surface area (Å²) in [4.78, 5) is 10.2. The van der Waals surface area contributed by atoms with E-state index in [1.54, 1.807) is 0 Å². The summed E-state index contributed by atoms with van der Waals surface area (Å²) in [6, 6.07) is 0. The van der Waals surface area contributed by atoms with Crippen LogP contribution in [0.15, 0.2) is 0 Å². The first kappa shape index (κ1) is 8.22. The van der Waals surface area contributed by atoms with Gasteiger partial charge in [-0.15, -0.1) is 0 Å². The number of carbonyl (C=O) groups is 1. The number of fused-ring (bicyclic) bond motifs is 1. The van der Waals surface area contributed by atoms with E-state index < -0.39 is 15.4 Å². The quantitative estimate of drug-likeness (QED) is 0.503. The molecule has 68 valence electrons. The minimum absolute atomic E-state index is 0.163. The zero-order valence-electron chi connectivity index (χ0n) is 6.73. The second kappa shape index (κ2) is 3.16. The van der Waals surface area contributed by atoms with E-state index in [4.69, 9.17) is 14.3 Å². The van der Waals surface area contributed by atoms with Crippen LogP contribution in [0.4, 0.5) is 4.79 Å². The third-order valence-corrected chi connectivity index (χ3v) is 3.28. The molecule has 1 N–H and O–H groups in total. The molecule has 2 fully saturated rings. The number of epoxide rings is 1. The normalized spacial score (nSPS) is 39.8. The number of ether oxygens (including phenoxy) is 1. The van der Waals surface area contributed by atoms with Crippen LogP contribution in [0.2, 0.25) is 0 Å². The van der Waals surface area contributed by atoms with Gasteiger partial charge in [0.1, 0.15) is 0 Å². The summed E-state index contributed by atoms with van der Waals surface area (Å²) < 4.78 is 10.6. The lowest BCUT2D eigenvalue weighted by atomic mass is 9.98. The largest absolute Gasteiger partial charge is 0.484 e. The van der Waals surface area contributed by atoms with E-state index in [-0.39, 0.29) is 6.10 Å². The van der Waals surface area contributed by atoms with Crippen molar-refractivity contribution in [1.29, 1.82) is 0 Å². The molecule has 5 heteroatoms. The fourth-order valence-corrected chi connectivity index (χ4v) is 2.39. The SMILES string of the molecule is O=C(O)[SiH2]OC1CCC2OC2C1. The molecule has 4 nitrogen and oxygen atoms in total. The highest BCUT2D eigenvalue weighted by molar-refractivity contribution is 6.66. The van der Waals surface area contributed by atoms with Gasteiger partial charge in [0.2, 0.25) is 0 Å². The van der Waals surface area contributed by atoms with Gasteiger partial charge in [0.15, 0.2) is 0 Å². The van der Waals surface area contributed by atoms with Gasteiger partial charge in [-0.05, 0) is 12.8 Å². The molecule has 1 saturated heterocycles. The zero-order chi connectivity index (χ0) is 8.55. The Morgan fingerprint density at radius 1 is 1.50 bits per heavy atom. The van der Waals surface area contributed by atoms with E-state index in [9.17, 15) is 4.79 Å². The zero-order valence-corrected chi connectivity index (χ0v) is 8.15. The van der Waals surface area contributed by atoms with Crippen molar-refractivity contribution in [2.75, 3.05) is 0 Å². The summed E-state index contributed by atoms with van der Waals surface area (Å²) in [7, 11) is -1.34. The Morgan fingerprint density at radius 2 is 2.33 bits per heavy atom. The van der Waals surface area contributed by atoms with Gasteiger partial charge in [0, 0.05) is 12.5 Å². The molecular weight excluding hydrogens is 176 g/mol. The fraction of sp³-hybridized carbons (Fsp3) is 0.857. The Kier molecular flexibility index (Phi) is 2.16. The maximum absolute atomic E-state index is 10.2. The van der Waals surface area contributed by atoms with Crippen molar-refractivity contribution >= 4 is 15.4 Å². The average Bonchev–Trinajstić information content (AvgIpc) is 2.78. The molecule has 2 aliphatic rings. The molecule has 2 rings (SSSR count). The van der Waals surface area contributed by atoms with Crippen molar-refractivity contribution in [3.63, 3.8) is 0 Å². The van der Waals surface area contributed by atoms with Crippen LogP contribution in [0.1, 0.15) is 19.3 Å². The Bertz CT molecular complexity index is 196. The monoisotopic (exact) mass is 188 g/mol. The molecule has 3 unspecified atom stereocenters. The van der Waals surface area contributed by atoms with Crippen molar-refractivity contribution in [2.45, 2.75) is 37.6 Å². The molecule has 1 saturated carbocycles. The van der Waals surface area contributed by atoms with Gasteiger partial charge in [-0.2, -0.15) is 0 Å². The average molecular weight is 188 g/mol. The summed E-state index contributed by atoms with van der Waals surface area (Å²) in [5.74, 6) is 0. The van der Waals surface area contributed by atoms with Crippen molar-refractivity contribution in [2.24, 2.45) is 0 Å². The van der Waals surface area contributed by atoms with Crippen molar-refractivity contribution < 1.29 is 19.1 Å². The van der Waals surface area contributed by atoms with Crippen LogP contribution < -0.4 is 0 Å². The van der Waals surface area contributed by atoms with Crippen LogP contribution in [0.25, 0.3) is 0 Å². The van der Waals surface area contributed by atoms with E-state index in [0.717, 1.165) is 19.3 Å². The maximum atomic E-state index is 10.2. The van der Waals surface area contributed by atoms with Crippen LogP contribution in [0.3, 0.4) is 0 Å². The third kappa shape index (κ3) is 1.85. The summed E-state index contributed by atoms with van der Waals surface area (Å²) >= 11 is 0. The van der Waals surface area contributed by atoms with Crippen LogP contribution in [0.5, 0.6) is 0 Å². The highest BCUT2D eigenvalue weighted by atomic mass is 28.2. The van der Waals surface area contributed by atoms with E-state index >= 15 is 0 Å². The molecule has 0 amide bonds. The molecule has 0 aromatic rings. The number of rotatable bonds is 3. The molecule has 1 aliphatic carbocycles. The first-order valence-electron chi connectivity index (χ1n) is 4.24. The highest BCUT2D eigenvalue weighted by Crippen LogP contribution is 2.37. The van der Waals surface area contributed by atoms with Crippen molar-refractivity contribution in [1.82, 2.24) is 0 Å². The molecule has 0 radical (unpaired) electrons. The molecule has 0 bridgehead atoms. The van der Waals surface area contributed by atoms with Crippen LogP contribution >= 0.6 is 0 Å². The van der Waals surface area contributed by atoms with Gasteiger partial charge >= 0.3 is 0 Å². The fourth-order valence-electron chi connectivity index (χ4n) is 1.71. The predicted octanol–water partition coefficient (Wildman–Crippen LogP) is 0.0847. The molecule has 0 aromatic carbocycles. The summed E-state index contributed by atoms with van der Waals surface area (Å²) in [5, 5.41) is 8.43. The van der Waals surface area contributed by atoms with Gasteiger partial charge in [-0.1, -0.05) is 0 Å².